The van der Waals surface area contributed by atoms with Gasteiger partial charge in [0, 0.05) is 11.6 Å². The number of benzene rings is 3. The maximum atomic E-state index is 12.6. The van der Waals surface area contributed by atoms with Crippen LogP contribution < -0.4 is 5.73 Å². The number of hydrogen-bond acceptors (Lipinski definition) is 5. The standard InChI is InChI=1S/C23H20N2O5/c24-22(26)18-12-13-19(21(14-18)25(28)29)15-30-23(27)20-9-5-4-8-17(20)11-10-16-6-2-1-3-7-16/h1-9,12-14H,10-11,15H2,(H2,24,26). The average molecular weight is 404 g/mol. The van der Waals surface area contributed by atoms with Crippen LogP contribution in [0.15, 0.2) is 72.8 Å². The number of rotatable bonds is 8. The highest BCUT2D eigenvalue weighted by Crippen LogP contribution is 2.22. The molecule has 0 atom stereocenters. The van der Waals surface area contributed by atoms with Crippen LogP contribution in [-0.4, -0.2) is 16.8 Å². The van der Waals surface area contributed by atoms with Crippen LogP contribution in [0.3, 0.4) is 0 Å². The summed E-state index contributed by atoms with van der Waals surface area (Å²) in [7, 11) is 0. The van der Waals surface area contributed by atoms with E-state index in [2.05, 4.69) is 0 Å². The summed E-state index contributed by atoms with van der Waals surface area (Å²) < 4.78 is 5.34. The first-order chi connectivity index (χ1) is 14.5. The van der Waals surface area contributed by atoms with Gasteiger partial charge in [-0.05, 0) is 42.2 Å². The minimum atomic E-state index is -0.769. The predicted molar refractivity (Wildman–Crippen MR) is 111 cm³/mol. The number of carbonyl (C=O) groups is 2. The van der Waals surface area contributed by atoms with Gasteiger partial charge in [0.25, 0.3) is 5.69 Å². The van der Waals surface area contributed by atoms with Crippen LogP contribution >= 0.6 is 0 Å². The highest BCUT2D eigenvalue weighted by molar-refractivity contribution is 5.93. The number of nitrogens with two attached hydrogens (primary N) is 1. The Morgan fingerprint density at radius 1 is 0.900 bits per heavy atom. The number of primary amides is 1. The maximum Gasteiger partial charge on any atom is 0.338 e. The van der Waals surface area contributed by atoms with E-state index in [1.54, 1.807) is 12.1 Å². The smallest absolute Gasteiger partial charge is 0.338 e. The van der Waals surface area contributed by atoms with Gasteiger partial charge >= 0.3 is 5.97 Å². The molecule has 0 unspecified atom stereocenters. The first-order valence-electron chi connectivity index (χ1n) is 9.32. The van der Waals surface area contributed by atoms with Crippen LogP contribution in [0.5, 0.6) is 0 Å². The average Bonchev–Trinajstić information content (AvgIpc) is 2.76. The monoisotopic (exact) mass is 404 g/mol. The molecule has 0 saturated heterocycles. The van der Waals surface area contributed by atoms with Crippen LogP contribution in [0.2, 0.25) is 0 Å². The lowest BCUT2D eigenvalue weighted by molar-refractivity contribution is -0.385. The first kappa shape index (κ1) is 20.7. The van der Waals surface area contributed by atoms with Gasteiger partial charge in [0.15, 0.2) is 0 Å². The molecule has 0 spiro atoms. The summed E-state index contributed by atoms with van der Waals surface area (Å²) in [6.07, 6.45) is 1.42. The molecule has 0 radical (unpaired) electrons. The number of nitrogens with zero attached hydrogens (tertiary/aromatic N) is 1. The number of amides is 1. The molecular weight excluding hydrogens is 384 g/mol. The molecule has 0 aromatic heterocycles. The predicted octanol–water partition coefficient (Wildman–Crippen LogP) is 3.84. The van der Waals surface area contributed by atoms with Crippen molar-refractivity contribution in [3.63, 3.8) is 0 Å². The van der Waals surface area contributed by atoms with Crippen molar-refractivity contribution in [1.82, 2.24) is 0 Å². The molecule has 3 aromatic carbocycles. The van der Waals surface area contributed by atoms with Gasteiger partial charge in [0.2, 0.25) is 5.91 Å². The van der Waals surface area contributed by atoms with Crippen molar-refractivity contribution >= 4 is 17.6 Å². The van der Waals surface area contributed by atoms with E-state index in [1.807, 2.05) is 42.5 Å². The van der Waals surface area contributed by atoms with Crippen molar-refractivity contribution < 1.29 is 19.2 Å². The normalized spacial score (nSPS) is 10.4. The molecule has 0 aliphatic carbocycles. The molecule has 7 nitrogen and oxygen atoms in total. The second-order valence-electron chi connectivity index (χ2n) is 6.68. The fourth-order valence-electron chi connectivity index (χ4n) is 3.09. The zero-order valence-corrected chi connectivity index (χ0v) is 16.1. The number of aryl methyl sites for hydroxylation is 2. The third-order valence-corrected chi connectivity index (χ3v) is 4.69. The number of hydrogen-bond donors (Lipinski definition) is 1. The Balaban J connectivity index is 1.73. The number of nitro benzene ring substituents is 1. The van der Waals surface area contributed by atoms with E-state index in [4.69, 9.17) is 10.5 Å². The topological polar surface area (TPSA) is 113 Å². The third-order valence-electron chi connectivity index (χ3n) is 4.69. The molecule has 30 heavy (non-hydrogen) atoms. The van der Waals surface area contributed by atoms with Crippen molar-refractivity contribution in [3.8, 4) is 0 Å². The fourth-order valence-corrected chi connectivity index (χ4v) is 3.09. The SMILES string of the molecule is NC(=O)c1ccc(COC(=O)c2ccccc2CCc2ccccc2)c([N+](=O)[O-])c1. The van der Waals surface area contributed by atoms with Gasteiger partial charge in [-0.25, -0.2) is 4.79 Å². The zero-order chi connectivity index (χ0) is 21.5. The summed E-state index contributed by atoms with van der Waals surface area (Å²) in [6.45, 7) is -0.290. The second-order valence-corrected chi connectivity index (χ2v) is 6.68. The highest BCUT2D eigenvalue weighted by Gasteiger charge is 2.19. The van der Waals surface area contributed by atoms with E-state index in [0.717, 1.165) is 23.6 Å². The summed E-state index contributed by atoms with van der Waals surface area (Å²) in [6, 6.07) is 20.9. The summed E-state index contributed by atoms with van der Waals surface area (Å²) in [4.78, 5) is 34.6. The Labute approximate surface area is 173 Å². The van der Waals surface area contributed by atoms with Gasteiger partial charge < -0.3 is 10.5 Å². The summed E-state index contributed by atoms with van der Waals surface area (Å²) >= 11 is 0. The molecule has 0 bridgehead atoms. The fraction of sp³-hybridized carbons (Fsp3) is 0.130. The van der Waals surface area contributed by atoms with Crippen LogP contribution in [0.25, 0.3) is 0 Å². The minimum absolute atomic E-state index is 0.0167. The van der Waals surface area contributed by atoms with Gasteiger partial charge in [0.05, 0.1) is 16.1 Å². The van der Waals surface area contributed by atoms with Crippen molar-refractivity contribution in [2.24, 2.45) is 5.73 Å². The summed E-state index contributed by atoms with van der Waals surface area (Å²) in [5.41, 5.74) is 7.46. The Hall–Kier alpha value is -4.00. The zero-order valence-electron chi connectivity index (χ0n) is 16.1. The maximum absolute atomic E-state index is 12.6. The largest absolute Gasteiger partial charge is 0.457 e. The van der Waals surface area contributed by atoms with Gasteiger partial charge in [-0.1, -0.05) is 48.5 Å². The van der Waals surface area contributed by atoms with Crippen molar-refractivity contribution in [2.45, 2.75) is 19.4 Å². The Morgan fingerprint density at radius 2 is 1.60 bits per heavy atom. The minimum Gasteiger partial charge on any atom is -0.457 e. The van der Waals surface area contributed by atoms with E-state index in [0.29, 0.717) is 12.0 Å². The summed E-state index contributed by atoms with van der Waals surface area (Å²) in [5.74, 6) is -1.33. The third kappa shape index (κ3) is 5.08. The molecule has 152 valence electrons. The van der Waals surface area contributed by atoms with Crippen LogP contribution in [0.4, 0.5) is 5.69 Å². The van der Waals surface area contributed by atoms with Crippen LogP contribution in [-0.2, 0) is 24.2 Å². The van der Waals surface area contributed by atoms with E-state index in [1.165, 1.54) is 12.1 Å². The molecule has 0 saturated carbocycles. The Kier molecular flexibility index (Phi) is 6.54. The van der Waals surface area contributed by atoms with E-state index < -0.39 is 16.8 Å². The lowest BCUT2D eigenvalue weighted by atomic mass is 10.00. The molecule has 0 aliphatic rings. The van der Waals surface area contributed by atoms with Crippen molar-refractivity contribution in [2.75, 3.05) is 0 Å². The van der Waals surface area contributed by atoms with E-state index in [9.17, 15) is 19.7 Å². The highest BCUT2D eigenvalue weighted by atomic mass is 16.6. The van der Waals surface area contributed by atoms with Gasteiger partial charge in [-0.3, -0.25) is 14.9 Å². The second kappa shape index (κ2) is 9.47. The molecule has 0 heterocycles. The Bertz CT molecular complexity index is 1080. The molecule has 0 fully saturated rings. The number of ether oxygens (including phenoxy) is 1. The van der Waals surface area contributed by atoms with E-state index in [-0.39, 0.29) is 23.4 Å². The van der Waals surface area contributed by atoms with Crippen LogP contribution in [0, 0.1) is 10.1 Å². The van der Waals surface area contributed by atoms with Crippen LogP contribution in [0.1, 0.15) is 37.4 Å². The quantitative estimate of drug-likeness (QED) is 0.348. The lowest BCUT2D eigenvalue weighted by Crippen LogP contribution is -2.13. The molecule has 1 amide bonds. The molecule has 7 heteroatoms. The van der Waals surface area contributed by atoms with Crippen molar-refractivity contribution in [3.05, 3.63) is 111 Å². The van der Waals surface area contributed by atoms with E-state index >= 15 is 0 Å². The number of nitro groups is 1. The van der Waals surface area contributed by atoms with Gasteiger partial charge in [-0.2, -0.15) is 0 Å². The lowest BCUT2D eigenvalue weighted by Gasteiger charge is -2.10. The first-order valence-corrected chi connectivity index (χ1v) is 9.32. The number of esters is 1. The summed E-state index contributed by atoms with van der Waals surface area (Å²) in [5, 5.41) is 11.3. The van der Waals surface area contributed by atoms with Crippen molar-refractivity contribution in [1.29, 1.82) is 0 Å². The molecule has 2 N–H and O–H groups in total. The Morgan fingerprint density at radius 3 is 2.30 bits per heavy atom. The molecule has 0 aliphatic heterocycles. The molecular formula is C23H20N2O5. The molecule has 3 rings (SSSR count). The molecule has 3 aromatic rings. The van der Waals surface area contributed by atoms with Gasteiger partial charge in [0.1, 0.15) is 6.61 Å². The number of carbonyl (C=O) groups excluding carboxylic acids is 2. The van der Waals surface area contributed by atoms with Gasteiger partial charge in [-0.15, -0.1) is 0 Å².